The van der Waals surface area contributed by atoms with Gasteiger partial charge in [0, 0.05) is 6.04 Å². The summed E-state index contributed by atoms with van der Waals surface area (Å²) in [4.78, 5) is 13.1. The first-order valence-electron chi connectivity index (χ1n) is 4.83. The Labute approximate surface area is 79.5 Å². The molecule has 0 bridgehead atoms. The summed E-state index contributed by atoms with van der Waals surface area (Å²) >= 11 is 0. The molecule has 1 amide bonds. The van der Waals surface area contributed by atoms with Gasteiger partial charge in [-0.05, 0) is 39.9 Å². The number of piperidine rings is 1. The van der Waals surface area contributed by atoms with Crippen molar-refractivity contribution in [1.82, 2.24) is 10.2 Å². The van der Waals surface area contributed by atoms with E-state index in [-0.39, 0.29) is 11.9 Å². The summed E-state index contributed by atoms with van der Waals surface area (Å²) in [7, 11) is 2.12. The van der Waals surface area contributed by atoms with Gasteiger partial charge < -0.3 is 16.0 Å². The topological polar surface area (TPSA) is 58.4 Å². The molecular weight excluding hydrogens is 166 g/mol. The zero-order chi connectivity index (χ0) is 9.84. The van der Waals surface area contributed by atoms with E-state index in [1.54, 1.807) is 0 Å². The third-order valence-electron chi connectivity index (χ3n) is 2.63. The molecule has 13 heavy (non-hydrogen) atoms. The number of hydrogen-bond donors (Lipinski definition) is 2. The van der Waals surface area contributed by atoms with E-state index < -0.39 is 0 Å². The zero-order valence-electron chi connectivity index (χ0n) is 8.42. The summed E-state index contributed by atoms with van der Waals surface area (Å²) in [6.45, 7) is 4.02. The zero-order valence-corrected chi connectivity index (χ0v) is 8.42. The summed E-state index contributed by atoms with van der Waals surface area (Å²) in [6, 6.07) is 0.257. The molecule has 3 N–H and O–H groups in total. The second-order valence-electron chi connectivity index (χ2n) is 3.87. The summed E-state index contributed by atoms with van der Waals surface area (Å²) in [6.07, 6.45) is 2.21. The molecule has 1 heterocycles. The van der Waals surface area contributed by atoms with Gasteiger partial charge in [-0.25, -0.2) is 0 Å². The molecule has 1 atom stereocenters. The average Bonchev–Trinajstić information content (AvgIpc) is 2.08. The lowest BCUT2D eigenvalue weighted by atomic mass is 10.0. The Kier molecular flexibility index (Phi) is 3.69. The minimum atomic E-state index is -0.265. The maximum absolute atomic E-state index is 10.8. The van der Waals surface area contributed by atoms with Crippen molar-refractivity contribution in [2.24, 2.45) is 5.73 Å². The van der Waals surface area contributed by atoms with E-state index in [0.717, 1.165) is 25.9 Å². The van der Waals surface area contributed by atoms with Crippen LogP contribution in [0.3, 0.4) is 0 Å². The highest BCUT2D eigenvalue weighted by atomic mass is 16.1. The molecule has 76 valence electrons. The van der Waals surface area contributed by atoms with Crippen LogP contribution < -0.4 is 11.1 Å². The highest BCUT2D eigenvalue weighted by Gasteiger charge is 2.19. The van der Waals surface area contributed by atoms with Crippen LogP contribution in [0.2, 0.25) is 0 Å². The van der Waals surface area contributed by atoms with Gasteiger partial charge in [-0.15, -0.1) is 0 Å². The Balaban J connectivity index is 2.26. The summed E-state index contributed by atoms with van der Waals surface area (Å²) in [5, 5.41) is 3.24. The monoisotopic (exact) mass is 185 g/mol. The van der Waals surface area contributed by atoms with Gasteiger partial charge in [-0.1, -0.05) is 0 Å². The molecule has 4 nitrogen and oxygen atoms in total. The fraction of sp³-hybridized carbons (Fsp3) is 0.889. The van der Waals surface area contributed by atoms with Gasteiger partial charge >= 0.3 is 0 Å². The Hall–Kier alpha value is -0.610. The maximum Gasteiger partial charge on any atom is 0.234 e. The third kappa shape index (κ3) is 3.32. The molecule has 0 saturated carbocycles. The molecule has 1 unspecified atom stereocenters. The quantitative estimate of drug-likeness (QED) is 0.626. The number of nitrogens with zero attached hydrogens (tertiary/aromatic N) is 1. The van der Waals surface area contributed by atoms with Gasteiger partial charge in [-0.2, -0.15) is 0 Å². The van der Waals surface area contributed by atoms with Crippen molar-refractivity contribution in [3.05, 3.63) is 0 Å². The molecule has 1 fully saturated rings. The van der Waals surface area contributed by atoms with E-state index in [9.17, 15) is 4.79 Å². The standard InChI is InChI=1S/C9H19N3O/c1-7(9(10)13)11-8-3-5-12(2)6-4-8/h7-8,11H,3-6H2,1-2H3,(H2,10,13). The SMILES string of the molecule is CC(NC1CCN(C)CC1)C(N)=O. The lowest BCUT2D eigenvalue weighted by Crippen LogP contribution is -2.48. The number of likely N-dealkylation sites (tertiary alicyclic amines) is 1. The Morgan fingerprint density at radius 3 is 2.54 bits per heavy atom. The van der Waals surface area contributed by atoms with Gasteiger partial charge in [-0.3, -0.25) is 4.79 Å². The maximum atomic E-state index is 10.8. The molecule has 4 heteroatoms. The molecule has 0 aromatic carbocycles. The van der Waals surface area contributed by atoms with E-state index in [0.29, 0.717) is 6.04 Å². The second-order valence-corrected chi connectivity index (χ2v) is 3.87. The van der Waals surface area contributed by atoms with Crippen molar-refractivity contribution in [3.63, 3.8) is 0 Å². The normalized spacial score (nSPS) is 22.9. The minimum Gasteiger partial charge on any atom is -0.368 e. The molecule has 1 aliphatic rings. The van der Waals surface area contributed by atoms with Crippen LogP contribution in [0.4, 0.5) is 0 Å². The fourth-order valence-corrected chi connectivity index (χ4v) is 1.61. The number of carbonyl (C=O) groups excluding carboxylic acids is 1. The van der Waals surface area contributed by atoms with E-state index in [1.165, 1.54) is 0 Å². The van der Waals surface area contributed by atoms with Gasteiger partial charge in [0.15, 0.2) is 0 Å². The number of rotatable bonds is 3. The van der Waals surface area contributed by atoms with Crippen LogP contribution in [-0.4, -0.2) is 43.0 Å². The molecule has 1 saturated heterocycles. The van der Waals surface area contributed by atoms with Crippen molar-refractivity contribution in [2.75, 3.05) is 20.1 Å². The van der Waals surface area contributed by atoms with Crippen molar-refractivity contribution in [2.45, 2.75) is 31.8 Å². The van der Waals surface area contributed by atoms with Crippen molar-refractivity contribution in [1.29, 1.82) is 0 Å². The van der Waals surface area contributed by atoms with Gasteiger partial charge in [0.2, 0.25) is 5.91 Å². The molecular formula is C9H19N3O. The number of amides is 1. The second kappa shape index (κ2) is 4.58. The van der Waals surface area contributed by atoms with Crippen LogP contribution in [0.5, 0.6) is 0 Å². The largest absolute Gasteiger partial charge is 0.368 e. The number of primary amides is 1. The van der Waals surface area contributed by atoms with Crippen LogP contribution in [-0.2, 0) is 4.79 Å². The van der Waals surface area contributed by atoms with Crippen LogP contribution in [0.25, 0.3) is 0 Å². The van der Waals surface area contributed by atoms with Crippen LogP contribution in [0.15, 0.2) is 0 Å². The first-order valence-corrected chi connectivity index (χ1v) is 4.83. The van der Waals surface area contributed by atoms with Crippen molar-refractivity contribution < 1.29 is 4.79 Å². The lowest BCUT2D eigenvalue weighted by Gasteiger charge is -2.30. The highest BCUT2D eigenvalue weighted by molar-refractivity contribution is 5.79. The molecule has 0 spiro atoms. The number of hydrogen-bond acceptors (Lipinski definition) is 3. The number of nitrogens with one attached hydrogen (secondary N) is 1. The van der Waals surface area contributed by atoms with Crippen LogP contribution in [0, 0.1) is 0 Å². The van der Waals surface area contributed by atoms with E-state index in [1.807, 2.05) is 6.92 Å². The summed E-state index contributed by atoms with van der Waals surface area (Å²) < 4.78 is 0. The van der Waals surface area contributed by atoms with Gasteiger partial charge in [0.1, 0.15) is 0 Å². The minimum absolute atomic E-state index is 0.201. The van der Waals surface area contributed by atoms with E-state index in [2.05, 4.69) is 17.3 Å². The number of carbonyl (C=O) groups is 1. The van der Waals surface area contributed by atoms with Crippen LogP contribution >= 0.6 is 0 Å². The molecule has 1 rings (SSSR count). The molecule has 1 aliphatic heterocycles. The number of nitrogens with two attached hydrogens (primary N) is 1. The van der Waals surface area contributed by atoms with Gasteiger partial charge in [0.05, 0.1) is 6.04 Å². The molecule has 0 aromatic rings. The fourth-order valence-electron chi connectivity index (χ4n) is 1.61. The smallest absolute Gasteiger partial charge is 0.234 e. The van der Waals surface area contributed by atoms with Gasteiger partial charge in [0.25, 0.3) is 0 Å². The summed E-state index contributed by atoms with van der Waals surface area (Å²) in [5.41, 5.74) is 5.17. The van der Waals surface area contributed by atoms with Crippen molar-refractivity contribution >= 4 is 5.91 Å². The Bertz CT molecular complexity index is 176. The molecule has 0 radical (unpaired) electrons. The van der Waals surface area contributed by atoms with E-state index in [4.69, 9.17) is 5.73 Å². The average molecular weight is 185 g/mol. The van der Waals surface area contributed by atoms with E-state index >= 15 is 0 Å². The highest BCUT2D eigenvalue weighted by Crippen LogP contribution is 2.08. The van der Waals surface area contributed by atoms with Crippen molar-refractivity contribution in [3.8, 4) is 0 Å². The molecule has 0 aliphatic carbocycles. The predicted molar refractivity (Wildman–Crippen MR) is 52.3 cm³/mol. The van der Waals surface area contributed by atoms with Crippen LogP contribution in [0.1, 0.15) is 19.8 Å². The Morgan fingerprint density at radius 1 is 1.54 bits per heavy atom. The third-order valence-corrected chi connectivity index (χ3v) is 2.63. The molecule has 0 aromatic heterocycles. The first kappa shape index (κ1) is 10.5. The Morgan fingerprint density at radius 2 is 2.08 bits per heavy atom. The predicted octanol–water partition coefficient (Wildman–Crippen LogP) is -0.456. The summed E-state index contributed by atoms with van der Waals surface area (Å²) in [5.74, 6) is -0.265. The lowest BCUT2D eigenvalue weighted by molar-refractivity contribution is -0.119. The first-order chi connectivity index (χ1) is 6.09.